The van der Waals surface area contributed by atoms with Crippen molar-refractivity contribution in [3.05, 3.63) is 34.7 Å². The average molecular weight is 341 g/mol. The third-order valence-electron chi connectivity index (χ3n) is 4.18. The van der Waals surface area contributed by atoms with Gasteiger partial charge < -0.3 is 10.2 Å². The molecule has 0 saturated heterocycles. The first-order valence-corrected chi connectivity index (χ1v) is 8.99. The minimum atomic E-state index is -3.91. The van der Waals surface area contributed by atoms with Crippen LogP contribution in [0, 0.1) is 5.21 Å². The quantitative estimate of drug-likeness (QED) is 0.456. The van der Waals surface area contributed by atoms with Crippen LogP contribution in [0.1, 0.15) is 17.7 Å². The number of rotatable bonds is 5. The van der Waals surface area contributed by atoms with Crippen LogP contribution in [0.25, 0.3) is 10.9 Å². The standard InChI is InChI=1S/C14H19N3O5S/c18-17(19)10-2-3-13-12(8-10)11-4-6-16(9-14(11)15-13)5-1-7-23(20,21)22/h2-3,8,15,17-18H,1,4-7,9H2,(H,20,21,22). The van der Waals surface area contributed by atoms with Crippen LogP contribution in [0.5, 0.6) is 0 Å². The van der Waals surface area contributed by atoms with E-state index in [0.717, 1.165) is 35.1 Å². The number of aromatic nitrogens is 1. The first kappa shape index (κ1) is 16.4. The van der Waals surface area contributed by atoms with Crippen molar-refractivity contribution < 1.29 is 23.4 Å². The smallest absolute Gasteiger partial charge is 0.264 e. The zero-order valence-corrected chi connectivity index (χ0v) is 13.3. The number of hydrogen-bond acceptors (Lipinski definition) is 5. The number of quaternary nitrogens is 1. The summed E-state index contributed by atoms with van der Waals surface area (Å²) in [6.07, 6.45) is 1.17. The summed E-state index contributed by atoms with van der Waals surface area (Å²) in [5.74, 6) is -0.231. The molecule has 1 aromatic heterocycles. The number of H-pyrrole nitrogens is 1. The molecule has 9 heteroatoms. The van der Waals surface area contributed by atoms with Gasteiger partial charge in [-0.3, -0.25) is 9.45 Å². The molecule has 2 heterocycles. The lowest BCUT2D eigenvalue weighted by Crippen LogP contribution is -2.99. The zero-order valence-electron chi connectivity index (χ0n) is 12.4. The van der Waals surface area contributed by atoms with Crippen LogP contribution < -0.4 is 5.23 Å². The monoisotopic (exact) mass is 341 g/mol. The topological polar surface area (TPSA) is 121 Å². The molecule has 2 aromatic rings. The molecule has 0 amide bonds. The number of aromatic amines is 1. The molecule has 23 heavy (non-hydrogen) atoms. The van der Waals surface area contributed by atoms with Gasteiger partial charge in [0.2, 0.25) is 0 Å². The van der Waals surface area contributed by atoms with E-state index in [1.165, 1.54) is 0 Å². The Bertz CT molecular complexity index is 815. The molecule has 1 aliphatic heterocycles. The van der Waals surface area contributed by atoms with E-state index in [4.69, 9.17) is 9.76 Å². The molecule has 0 spiro atoms. The van der Waals surface area contributed by atoms with Gasteiger partial charge in [0.15, 0.2) is 5.69 Å². The molecule has 1 atom stereocenters. The molecule has 0 radical (unpaired) electrons. The Morgan fingerprint density at radius 2 is 2.17 bits per heavy atom. The molecule has 126 valence electrons. The van der Waals surface area contributed by atoms with Gasteiger partial charge in [0, 0.05) is 41.8 Å². The summed E-state index contributed by atoms with van der Waals surface area (Å²) in [4.78, 5) is 5.44. The maximum absolute atomic E-state index is 11.1. The first-order valence-electron chi connectivity index (χ1n) is 7.38. The van der Waals surface area contributed by atoms with Crippen molar-refractivity contribution in [1.29, 1.82) is 0 Å². The molecule has 0 saturated carbocycles. The maximum Gasteiger partial charge on any atom is 0.264 e. The summed E-state index contributed by atoms with van der Waals surface area (Å²) in [5, 5.41) is 20.2. The van der Waals surface area contributed by atoms with Crippen LogP contribution >= 0.6 is 0 Å². The van der Waals surface area contributed by atoms with Crippen molar-refractivity contribution in [2.24, 2.45) is 0 Å². The van der Waals surface area contributed by atoms with E-state index >= 15 is 0 Å². The first-order chi connectivity index (χ1) is 10.8. The van der Waals surface area contributed by atoms with Gasteiger partial charge in [-0.25, -0.2) is 5.21 Å². The minimum Gasteiger partial charge on any atom is -0.595 e. The number of hydrogen-bond donors (Lipinski definition) is 4. The Morgan fingerprint density at radius 1 is 1.39 bits per heavy atom. The summed E-state index contributed by atoms with van der Waals surface area (Å²) < 4.78 is 30.3. The summed E-state index contributed by atoms with van der Waals surface area (Å²) in [7, 11) is -3.91. The van der Waals surface area contributed by atoms with Gasteiger partial charge in [-0.15, -0.1) is 0 Å². The molecule has 0 bridgehead atoms. The molecular weight excluding hydrogens is 322 g/mol. The predicted molar refractivity (Wildman–Crippen MR) is 84.1 cm³/mol. The normalized spacial score (nSPS) is 17.3. The fourth-order valence-corrected chi connectivity index (χ4v) is 3.58. The van der Waals surface area contributed by atoms with Crippen LogP contribution in [0.15, 0.2) is 18.2 Å². The second-order valence-electron chi connectivity index (χ2n) is 5.81. The Balaban J connectivity index is 1.75. The van der Waals surface area contributed by atoms with Crippen LogP contribution in [0.3, 0.4) is 0 Å². The lowest BCUT2D eigenvalue weighted by Gasteiger charge is -2.26. The predicted octanol–water partition coefficient (Wildman–Crippen LogP) is 0.207. The fourth-order valence-electron chi connectivity index (χ4n) is 3.09. The average Bonchev–Trinajstić information content (AvgIpc) is 2.82. The number of fused-ring (bicyclic) bond motifs is 3. The summed E-state index contributed by atoms with van der Waals surface area (Å²) in [5.41, 5.74) is 3.37. The van der Waals surface area contributed by atoms with E-state index in [2.05, 4.69) is 9.88 Å². The molecule has 1 unspecified atom stereocenters. The number of benzene rings is 1. The van der Waals surface area contributed by atoms with Gasteiger partial charge in [0.05, 0.1) is 5.75 Å². The molecule has 1 aliphatic rings. The summed E-state index contributed by atoms with van der Waals surface area (Å²) in [6, 6.07) is 5.05. The molecule has 3 rings (SSSR count). The molecule has 4 N–H and O–H groups in total. The second-order valence-corrected chi connectivity index (χ2v) is 7.39. The van der Waals surface area contributed by atoms with Crippen LogP contribution in [-0.4, -0.2) is 46.9 Å². The molecular formula is C14H19N3O5S. The summed E-state index contributed by atoms with van der Waals surface area (Å²) >= 11 is 0. The van der Waals surface area contributed by atoms with E-state index in [1.54, 1.807) is 18.2 Å². The van der Waals surface area contributed by atoms with E-state index in [9.17, 15) is 13.6 Å². The van der Waals surface area contributed by atoms with Crippen LogP contribution in [0.2, 0.25) is 0 Å². The lowest BCUT2D eigenvalue weighted by molar-refractivity contribution is -0.991. The van der Waals surface area contributed by atoms with E-state index < -0.39 is 15.3 Å². The van der Waals surface area contributed by atoms with Gasteiger partial charge in [-0.1, -0.05) is 0 Å². The molecule has 1 aromatic carbocycles. The second kappa shape index (κ2) is 6.19. The largest absolute Gasteiger partial charge is 0.595 e. The van der Waals surface area contributed by atoms with Crippen molar-refractivity contribution in [2.45, 2.75) is 19.4 Å². The highest BCUT2D eigenvalue weighted by Gasteiger charge is 2.21. The van der Waals surface area contributed by atoms with E-state index in [1.807, 2.05) is 0 Å². The molecule has 8 nitrogen and oxygen atoms in total. The van der Waals surface area contributed by atoms with E-state index in [0.29, 0.717) is 19.5 Å². The Labute approximate surface area is 133 Å². The van der Waals surface area contributed by atoms with Crippen molar-refractivity contribution in [3.8, 4) is 0 Å². The van der Waals surface area contributed by atoms with Gasteiger partial charge in [-0.2, -0.15) is 13.6 Å². The van der Waals surface area contributed by atoms with Gasteiger partial charge in [0.1, 0.15) is 0 Å². The van der Waals surface area contributed by atoms with Crippen LogP contribution in [0.4, 0.5) is 5.69 Å². The molecule has 0 fully saturated rings. The van der Waals surface area contributed by atoms with Gasteiger partial charge in [0.25, 0.3) is 10.1 Å². The third kappa shape index (κ3) is 3.71. The number of nitrogens with one attached hydrogen (secondary N) is 2. The van der Waals surface area contributed by atoms with Gasteiger partial charge >= 0.3 is 0 Å². The van der Waals surface area contributed by atoms with E-state index in [-0.39, 0.29) is 11.4 Å². The highest BCUT2D eigenvalue weighted by atomic mass is 32.2. The lowest BCUT2D eigenvalue weighted by atomic mass is 10.0. The summed E-state index contributed by atoms with van der Waals surface area (Å²) in [6.45, 7) is 2.04. The third-order valence-corrected chi connectivity index (χ3v) is 4.98. The van der Waals surface area contributed by atoms with Crippen LogP contribution in [-0.2, 0) is 23.1 Å². The zero-order chi connectivity index (χ0) is 16.6. The van der Waals surface area contributed by atoms with Crippen molar-refractivity contribution in [2.75, 3.05) is 18.8 Å². The fraction of sp³-hybridized carbons (Fsp3) is 0.429. The highest BCUT2D eigenvalue weighted by molar-refractivity contribution is 7.85. The number of nitrogens with zero attached hydrogens (tertiary/aromatic N) is 1. The Morgan fingerprint density at radius 3 is 2.87 bits per heavy atom. The maximum atomic E-state index is 11.1. The molecule has 0 aliphatic carbocycles. The highest BCUT2D eigenvalue weighted by Crippen LogP contribution is 2.28. The van der Waals surface area contributed by atoms with Gasteiger partial charge in [-0.05, 0) is 31.0 Å². The van der Waals surface area contributed by atoms with Crippen molar-refractivity contribution in [3.63, 3.8) is 0 Å². The Kier molecular flexibility index (Phi) is 4.41. The SMILES string of the molecule is O=S(=O)(O)CCCN1CCc2c([nH]c3ccc([NH+]([O-])O)cc23)C1. The van der Waals surface area contributed by atoms with Crippen molar-refractivity contribution in [1.82, 2.24) is 9.88 Å². The minimum absolute atomic E-state index is 0.231. The van der Waals surface area contributed by atoms with Crippen molar-refractivity contribution >= 4 is 26.7 Å². The Hall–Kier alpha value is -1.49.